The summed E-state index contributed by atoms with van der Waals surface area (Å²) < 4.78 is 3.31. The van der Waals surface area contributed by atoms with Crippen LogP contribution in [0.5, 0.6) is 0 Å². The summed E-state index contributed by atoms with van der Waals surface area (Å²) in [5.41, 5.74) is 2.00. The van der Waals surface area contributed by atoms with E-state index in [4.69, 9.17) is 23.2 Å². The Labute approximate surface area is 126 Å². The fourth-order valence-corrected chi connectivity index (χ4v) is 3.53. The third-order valence-electron chi connectivity index (χ3n) is 2.78. The van der Waals surface area contributed by atoms with Crippen molar-refractivity contribution >= 4 is 34.5 Å². The Morgan fingerprint density at radius 2 is 2.21 bits per heavy atom. The van der Waals surface area contributed by atoms with Gasteiger partial charge in [0.25, 0.3) is 0 Å². The van der Waals surface area contributed by atoms with Crippen molar-refractivity contribution in [2.75, 3.05) is 6.54 Å². The van der Waals surface area contributed by atoms with Gasteiger partial charge in [0.2, 0.25) is 0 Å². The molecule has 1 atom stereocenters. The minimum atomic E-state index is -0.0252. The number of nitrogens with zero attached hydrogens (tertiary/aromatic N) is 3. The molecule has 1 N–H and O–H groups in total. The minimum absolute atomic E-state index is 0.0252. The Hall–Kier alpha value is -0.620. The summed E-state index contributed by atoms with van der Waals surface area (Å²) in [7, 11) is 0. The number of halogens is 2. The lowest BCUT2D eigenvalue weighted by Gasteiger charge is -2.18. The molecule has 0 spiro atoms. The van der Waals surface area contributed by atoms with Crippen LogP contribution in [-0.2, 0) is 6.54 Å². The van der Waals surface area contributed by atoms with Gasteiger partial charge in [-0.2, -0.15) is 0 Å². The lowest BCUT2D eigenvalue weighted by Crippen LogP contribution is -2.24. The van der Waals surface area contributed by atoms with Crippen LogP contribution in [-0.4, -0.2) is 21.5 Å². The summed E-state index contributed by atoms with van der Waals surface area (Å²) in [6.07, 6.45) is 2.79. The van der Waals surface area contributed by atoms with E-state index in [9.17, 15) is 0 Å². The molecular formula is C12H16Cl2N4S. The van der Waals surface area contributed by atoms with E-state index < -0.39 is 0 Å². The standard InChI is InChI=1S/C12H16Cl2N4S/c1-3-5-18-9(7-16-17-18)11(15-4-2)8-6-10(13)19-12(8)14/h6-7,11,15H,3-5H2,1-2H3. The molecule has 0 saturated carbocycles. The number of aryl methyl sites for hydroxylation is 1. The van der Waals surface area contributed by atoms with Gasteiger partial charge in [-0.3, -0.25) is 0 Å². The molecule has 0 radical (unpaired) electrons. The second kappa shape index (κ2) is 6.70. The molecule has 0 amide bonds. The van der Waals surface area contributed by atoms with Gasteiger partial charge in [-0.1, -0.05) is 42.3 Å². The number of hydrogen-bond donors (Lipinski definition) is 1. The molecule has 2 rings (SSSR count). The van der Waals surface area contributed by atoms with E-state index in [1.807, 2.05) is 10.7 Å². The molecule has 0 aliphatic heterocycles. The lowest BCUT2D eigenvalue weighted by molar-refractivity contribution is 0.512. The molecular weight excluding hydrogens is 303 g/mol. The van der Waals surface area contributed by atoms with Crippen molar-refractivity contribution in [1.82, 2.24) is 20.3 Å². The summed E-state index contributed by atoms with van der Waals surface area (Å²) in [5, 5.41) is 11.5. The smallest absolute Gasteiger partial charge is 0.0996 e. The highest BCUT2D eigenvalue weighted by Gasteiger charge is 2.22. The minimum Gasteiger partial charge on any atom is -0.305 e. The van der Waals surface area contributed by atoms with Crippen molar-refractivity contribution in [3.8, 4) is 0 Å². The fraction of sp³-hybridized carbons (Fsp3) is 0.500. The number of aromatic nitrogens is 3. The maximum Gasteiger partial charge on any atom is 0.0996 e. The van der Waals surface area contributed by atoms with Crippen LogP contribution in [0.4, 0.5) is 0 Å². The van der Waals surface area contributed by atoms with Gasteiger partial charge in [-0.05, 0) is 19.0 Å². The molecule has 0 bridgehead atoms. The SMILES string of the molecule is CCCn1nncc1C(NCC)c1cc(Cl)sc1Cl. The van der Waals surface area contributed by atoms with E-state index in [1.165, 1.54) is 11.3 Å². The molecule has 0 saturated heterocycles. The molecule has 7 heteroatoms. The quantitative estimate of drug-likeness (QED) is 0.882. The maximum absolute atomic E-state index is 6.27. The highest BCUT2D eigenvalue weighted by atomic mass is 35.5. The van der Waals surface area contributed by atoms with Crippen LogP contribution in [0, 0.1) is 0 Å². The van der Waals surface area contributed by atoms with Crippen LogP contribution < -0.4 is 5.32 Å². The van der Waals surface area contributed by atoms with Crippen molar-refractivity contribution in [3.63, 3.8) is 0 Å². The van der Waals surface area contributed by atoms with Crippen molar-refractivity contribution in [3.05, 3.63) is 32.2 Å². The summed E-state index contributed by atoms with van der Waals surface area (Å²) in [6.45, 7) is 5.84. The first kappa shape index (κ1) is 14.8. The maximum atomic E-state index is 6.27. The summed E-state index contributed by atoms with van der Waals surface area (Å²) in [5.74, 6) is 0. The van der Waals surface area contributed by atoms with Crippen molar-refractivity contribution in [1.29, 1.82) is 0 Å². The first-order valence-corrected chi connectivity index (χ1v) is 7.81. The van der Waals surface area contributed by atoms with Crippen molar-refractivity contribution in [2.24, 2.45) is 0 Å². The van der Waals surface area contributed by atoms with E-state index in [0.29, 0.717) is 8.67 Å². The van der Waals surface area contributed by atoms with Crippen molar-refractivity contribution in [2.45, 2.75) is 32.9 Å². The van der Waals surface area contributed by atoms with Crippen molar-refractivity contribution < 1.29 is 0 Å². The first-order chi connectivity index (χ1) is 9.17. The molecule has 0 aliphatic carbocycles. The van der Waals surface area contributed by atoms with Crippen LogP contribution in [0.25, 0.3) is 0 Å². The van der Waals surface area contributed by atoms with Crippen LogP contribution in [0.2, 0.25) is 8.67 Å². The van der Waals surface area contributed by atoms with Crippen LogP contribution in [0.15, 0.2) is 12.3 Å². The fourth-order valence-electron chi connectivity index (χ4n) is 2.00. The normalized spacial score (nSPS) is 12.8. The van der Waals surface area contributed by atoms with Crippen LogP contribution in [0.3, 0.4) is 0 Å². The Morgan fingerprint density at radius 1 is 1.42 bits per heavy atom. The Balaban J connectivity index is 2.39. The molecule has 2 aromatic heterocycles. The van der Waals surface area contributed by atoms with Gasteiger partial charge in [0.15, 0.2) is 0 Å². The largest absolute Gasteiger partial charge is 0.305 e. The van der Waals surface area contributed by atoms with E-state index >= 15 is 0 Å². The van der Waals surface area contributed by atoms with E-state index in [1.54, 1.807) is 6.20 Å². The zero-order valence-corrected chi connectivity index (χ0v) is 13.2. The molecule has 104 valence electrons. The van der Waals surface area contributed by atoms with Crippen LogP contribution in [0.1, 0.15) is 37.6 Å². The molecule has 1 unspecified atom stereocenters. The molecule has 0 fully saturated rings. The lowest BCUT2D eigenvalue weighted by atomic mass is 10.1. The second-order valence-corrected chi connectivity index (χ2v) is 6.44. The topological polar surface area (TPSA) is 42.7 Å². The Kier molecular flexibility index (Phi) is 5.21. The number of hydrogen-bond acceptors (Lipinski definition) is 4. The third-order valence-corrected chi connectivity index (χ3v) is 4.30. The summed E-state index contributed by atoms with van der Waals surface area (Å²) in [4.78, 5) is 0. The van der Waals surface area contributed by atoms with E-state index in [-0.39, 0.29) is 6.04 Å². The zero-order valence-electron chi connectivity index (χ0n) is 10.9. The molecule has 0 aromatic carbocycles. The van der Waals surface area contributed by atoms with Gasteiger partial charge in [-0.15, -0.1) is 16.4 Å². The zero-order chi connectivity index (χ0) is 13.8. The van der Waals surface area contributed by atoms with E-state index in [2.05, 4.69) is 29.5 Å². The van der Waals surface area contributed by atoms with Gasteiger partial charge in [0.1, 0.15) is 0 Å². The van der Waals surface area contributed by atoms with Gasteiger partial charge in [0, 0.05) is 12.1 Å². The summed E-state index contributed by atoms with van der Waals surface area (Å²) >= 11 is 13.7. The predicted octanol–water partition coefficient (Wildman–Crippen LogP) is 3.76. The van der Waals surface area contributed by atoms with Gasteiger partial charge in [0.05, 0.1) is 26.6 Å². The van der Waals surface area contributed by atoms with E-state index in [0.717, 1.165) is 30.8 Å². The Bertz CT molecular complexity index is 538. The highest BCUT2D eigenvalue weighted by molar-refractivity contribution is 7.20. The highest BCUT2D eigenvalue weighted by Crippen LogP contribution is 2.37. The monoisotopic (exact) mass is 318 g/mol. The Morgan fingerprint density at radius 3 is 2.79 bits per heavy atom. The molecule has 2 heterocycles. The average molecular weight is 319 g/mol. The van der Waals surface area contributed by atoms with Gasteiger partial charge >= 0.3 is 0 Å². The average Bonchev–Trinajstić information content (AvgIpc) is 2.94. The molecule has 19 heavy (non-hydrogen) atoms. The number of thiophene rings is 1. The molecule has 2 aromatic rings. The van der Waals surface area contributed by atoms with Gasteiger partial charge in [-0.25, -0.2) is 4.68 Å². The first-order valence-electron chi connectivity index (χ1n) is 6.23. The molecule has 0 aliphatic rings. The summed E-state index contributed by atoms with van der Waals surface area (Å²) in [6, 6.07) is 1.88. The predicted molar refractivity (Wildman–Crippen MR) is 80.2 cm³/mol. The molecule has 4 nitrogen and oxygen atoms in total. The third kappa shape index (κ3) is 3.28. The second-order valence-electron chi connectivity index (χ2n) is 4.15. The van der Waals surface area contributed by atoms with Gasteiger partial charge < -0.3 is 5.32 Å². The number of rotatable bonds is 6. The van der Waals surface area contributed by atoms with Crippen LogP contribution >= 0.6 is 34.5 Å². The number of nitrogens with one attached hydrogen (secondary N) is 1.